The first-order valence-electron chi connectivity index (χ1n) is 7.02. The number of nitrogens with one attached hydrogen (secondary N) is 1. The van der Waals surface area contributed by atoms with E-state index in [0.717, 1.165) is 37.4 Å². The standard InChI is InChI=1S/C14H23N5O/c1-11-8-13(16-10-15-11)17-12-4-6-19(7-5-12)9-14(20)18(2)3/h8,10,12H,4-7,9H2,1-3H3,(H,15,16,17). The van der Waals surface area contributed by atoms with Crippen LogP contribution in [0.4, 0.5) is 5.82 Å². The SMILES string of the molecule is Cc1cc(NC2CCN(CC(=O)N(C)C)CC2)ncn1. The zero-order valence-corrected chi connectivity index (χ0v) is 12.5. The number of aryl methyl sites for hydroxylation is 1. The number of anilines is 1. The van der Waals surface area contributed by atoms with Crippen LogP contribution >= 0.6 is 0 Å². The number of aromatic nitrogens is 2. The normalized spacial score (nSPS) is 16.9. The first kappa shape index (κ1) is 14.7. The maximum Gasteiger partial charge on any atom is 0.236 e. The predicted octanol–water partition coefficient (Wildman–Crippen LogP) is 0.750. The van der Waals surface area contributed by atoms with Crippen LogP contribution in [0, 0.1) is 6.92 Å². The smallest absolute Gasteiger partial charge is 0.236 e. The van der Waals surface area contributed by atoms with E-state index in [1.807, 2.05) is 13.0 Å². The molecule has 1 amide bonds. The number of nitrogens with zero attached hydrogens (tertiary/aromatic N) is 4. The summed E-state index contributed by atoms with van der Waals surface area (Å²) in [6, 6.07) is 2.39. The molecule has 0 spiro atoms. The number of likely N-dealkylation sites (N-methyl/N-ethyl adjacent to an activating group) is 1. The van der Waals surface area contributed by atoms with Gasteiger partial charge in [-0.3, -0.25) is 9.69 Å². The number of hydrogen-bond donors (Lipinski definition) is 1. The van der Waals surface area contributed by atoms with Gasteiger partial charge in [0.2, 0.25) is 5.91 Å². The van der Waals surface area contributed by atoms with Gasteiger partial charge in [0.05, 0.1) is 6.54 Å². The predicted molar refractivity (Wildman–Crippen MR) is 78.5 cm³/mol. The van der Waals surface area contributed by atoms with E-state index in [1.54, 1.807) is 25.3 Å². The zero-order chi connectivity index (χ0) is 14.5. The van der Waals surface area contributed by atoms with Crippen LogP contribution in [0.2, 0.25) is 0 Å². The van der Waals surface area contributed by atoms with Crippen molar-refractivity contribution >= 4 is 11.7 Å². The Hall–Kier alpha value is -1.69. The van der Waals surface area contributed by atoms with Gasteiger partial charge in [-0.05, 0) is 19.8 Å². The van der Waals surface area contributed by atoms with Crippen LogP contribution in [0.15, 0.2) is 12.4 Å². The lowest BCUT2D eigenvalue weighted by Gasteiger charge is -2.32. The van der Waals surface area contributed by atoms with Crippen LogP contribution < -0.4 is 5.32 Å². The molecule has 0 atom stereocenters. The highest BCUT2D eigenvalue weighted by atomic mass is 16.2. The second kappa shape index (κ2) is 6.65. The summed E-state index contributed by atoms with van der Waals surface area (Å²) in [4.78, 5) is 23.9. The Morgan fingerprint density at radius 1 is 1.40 bits per heavy atom. The van der Waals surface area contributed by atoms with E-state index < -0.39 is 0 Å². The van der Waals surface area contributed by atoms with E-state index >= 15 is 0 Å². The van der Waals surface area contributed by atoms with Crippen LogP contribution in [0.25, 0.3) is 0 Å². The summed E-state index contributed by atoms with van der Waals surface area (Å²) in [5.74, 6) is 1.06. The monoisotopic (exact) mass is 277 g/mol. The van der Waals surface area contributed by atoms with Crippen molar-refractivity contribution in [1.29, 1.82) is 0 Å². The lowest BCUT2D eigenvalue weighted by Crippen LogP contribution is -2.44. The Morgan fingerprint density at radius 3 is 2.70 bits per heavy atom. The van der Waals surface area contributed by atoms with Gasteiger partial charge >= 0.3 is 0 Å². The van der Waals surface area contributed by atoms with Crippen molar-refractivity contribution in [3.8, 4) is 0 Å². The Morgan fingerprint density at radius 2 is 2.10 bits per heavy atom. The van der Waals surface area contributed by atoms with E-state index in [2.05, 4.69) is 20.2 Å². The van der Waals surface area contributed by atoms with Crippen molar-refractivity contribution in [1.82, 2.24) is 19.8 Å². The summed E-state index contributed by atoms with van der Waals surface area (Å²) in [6.45, 7) is 4.37. The lowest BCUT2D eigenvalue weighted by molar-refractivity contribution is -0.130. The van der Waals surface area contributed by atoms with Crippen LogP contribution in [-0.2, 0) is 4.79 Å². The third-order valence-electron chi connectivity index (χ3n) is 3.60. The Kier molecular flexibility index (Phi) is 4.89. The number of carbonyl (C=O) groups excluding carboxylic acids is 1. The number of piperidine rings is 1. The molecule has 1 saturated heterocycles. The molecular formula is C14H23N5O. The molecule has 1 N–H and O–H groups in total. The van der Waals surface area contributed by atoms with Crippen LogP contribution in [0.3, 0.4) is 0 Å². The molecule has 6 nitrogen and oxygen atoms in total. The van der Waals surface area contributed by atoms with Gasteiger partial charge in [-0.15, -0.1) is 0 Å². The molecule has 1 aliphatic heterocycles. The lowest BCUT2D eigenvalue weighted by atomic mass is 10.1. The first-order chi connectivity index (χ1) is 9.54. The molecule has 20 heavy (non-hydrogen) atoms. The average Bonchev–Trinajstić information content (AvgIpc) is 2.41. The molecular weight excluding hydrogens is 254 g/mol. The van der Waals surface area contributed by atoms with Gasteiger partial charge in [0, 0.05) is 45.0 Å². The van der Waals surface area contributed by atoms with Gasteiger partial charge in [-0.2, -0.15) is 0 Å². The number of amides is 1. The number of hydrogen-bond acceptors (Lipinski definition) is 5. The van der Waals surface area contributed by atoms with Gasteiger partial charge in [-0.25, -0.2) is 9.97 Å². The second-order valence-corrected chi connectivity index (χ2v) is 5.53. The molecule has 1 aromatic rings. The Bertz CT molecular complexity index is 455. The summed E-state index contributed by atoms with van der Waals surface area (Å²) in [6.07, 6.45) is 3.65. The topological polar surface area (TPSA) is 61.4 Å². The molecule has 0 bridgehead atoms. The maximum atomic E-state index is 11.7. The zero-order valence-electron chi connectivity index (χ0n) is 12.5. The van der Waals surface area contributed by atoms with E-state index in [1.165, 1.54) is 0 Å². The highest BCUT2D eigenvalue weighted by Crippen LogP contribution is 2.15. The first-order valence-corrected chi connectivity index (χ1v) is 7.02. The Balaban J connectivity index is 1.78. The molecule has 1 aromatic heterocycles. The van der Waals surface area contributed by atoms with Gasteiger partial charge in [0.1, 0.15) is 12.1 Å². The molecule has 0 aromatic carbocycles. The largest absolute Gasteiger partial charge is 0.367 e. The fourth-order valence-corrected chi connectivity index (χ4v) is 2.31. The fourth-order valence-electron chi connectivity index (χ4n) is 2.31. The van der Waals surface area contributed by atoms with Gasteiger partial charge < -0.3 is 10.2 Å². The van der Waals surface area contributed by atoms with Gasteiger partial charge in [0.15, 0.2) is 0 Å². The number of rotatable bonds is 4. The second-order valence-electron chi connectivity index (χ2n) is 5.53. The molecule has 2 heterocycles. The van der Waals surface area contributed by atoms with E-state index in [-0.39, 0.29) is 5.91 Å². The highest BCUT2D eigenvalue weighted by Gasteiger charge is 2.21. The summed E-state index contributed by atoms with van der Waals surface area (Å²) in [5, 5.41) is 3.45. The van der Waals surface area contributed by atoms with Crippen molar-refractivity contribution in [2.75, 3.05) is 39.0 Å². The minimum absolute atomic E-state index is 0.169. The van der Waals surface area contributed by atoms with Crippen LogP contribution in [-0.4, -0.2) is 65.4 Å². The fraction of sp³-hybridized carbons (Fsp3) is 0.643. The number of likely N-dealkylation sites (tertiary alicyclic amines) is 1. The summed E-state index contributed by atoms with van der Waals surface area (Å²) in [5.41, 5.74) is 0.969. The minimum Gasteiger partial charge on any atom is -0.367 e. The average molecular weight is 277 g/mol. The van der Waals surface area contributed by atoms with Crippen molar-refractivity contribution in [3.63, 3.8) is 0 Å². The van der Waals surface area contributed by atoms with Gasteiger partial charge in [-0.1, -0.05) is 0 Å². The minimum atomic E-state index is 0.169. The van der Waals surface area contributed by atoms with Crippen molar-refractivity contribution in [3.05, 3.63) is 18.1 Å². The molecule has 0 saturated carbocycles. The van der Waals surface area contributed by atoms with E-state index in [4.69, 9.17) is 0 Å². The molecule has 1 fully saturated rings. The molecule has 0 aliphatic carbocycles. The molecule has 6 heteroatoms. The third-order valence-corrected chi connectivity index (χ3v) is 3.60. The van der Waals surface area contributed by atoms with Crippen molar-refractivity contribution in [2.45, 2.75) is 25.8 Å². The molecule has 0 radical (unpaired) electrons. The van der Waals surface area contributed by atoms with Crippen molar-refractivity contribution < 1.29 is 4.79 Å². The van der Waals surface area contributed by atoms with E-state index in [0.29, 0.717) is 12.6 Å². The quantitative estimate of drug-likeness (QED) is 0.880. The van der Waals surface area contributed by atoms with Crippen molar-refractivity contribution in [2.24, 2.45) is 0 Å². The van der Waals surface area contributed by atoms with E-state index in [9.17, 15) is 4.79 Å². The summed E-state index contributed by atoms with van der Waals surface area (Å²) >= 11 is 0. The number of carbonyl (C=O) groups is 1. The van der Waals surface area contributed by atoms with Crippen LogP contribution in [0.5, 0.6) is 0 Å². The summed E-state index contributed by atoms with van der Waals surface area (Å²) < 4.78 is 0. The molecule has 110 valence electrons. The highest BCUT2D eigenvalue weighted by molar-refractivity contribution is 5.77. The summed E-state index contributed by atoms with van der Waals surface area (Å²) in [7, 11) is 3.60. The molecule has 2 rings (SSSR count). The molecule has 1 aliphatic rings. The third kappa shape index (κ3) is 4.16. The Labute approximate surface area is 120 Å². The maximum absolute atomic E-state index is 11.7. The van der Waals surface area contributed by atoms with Crippen LogP contribution in [0.1, 0.15) is 18.5 Å². The van der Waals surface area contributed by atoms with Gasteiger partial charge in [0.25, 0.3) is 0 Å². The molecule has 0 unspecified atom stereocenters.